The van der Waals surface area contributed by atoms with Crippen molar-refractivity contribution >= 4 is 21.9 Å². The first-order chi connectivity index (χ1) is 8.92. The van der Waals surface area contributed by atoms with Crippen LogP contribution < -0.4 is 0 Å². The molecule has 0 aliphatic rings. The summed E-state index contributed by atoms with van der Waals surface area (Å²) in [5.74, 6) is 0. The van der Waals surface area contributed by atoms with Crippen molar-refractivity contribution < 1.29 is 4.42 Å². The molecule has 0 aliphatic carbocycles. The molecular weight excluding hydrogens is 222 g/mol. The van der Waals surface area contributed by atoms with E-state index < -0.39 is 0 Å². The number of rotatable bonds is 1. The molecule has 2 nitrogen and oxygen atoms in total. The number of furan rings is 1. The summed E-state index contributed by atoms with van der Waals surface area (Å²) in [5, 5.41) is 2.37. The van der Waals surface area contributed by atoms with Crippen LogP contribution in [0.5, 0.6) is 0 Å². The summed E-state index contributed by atoms with van der Waals surface area (Å²) in [5.41, 5.74) is 4.39. The molecule has 0 fully saturated rings. The Kier molecular flexibility index (Phi) is 1.86. The molecule has 0 spiro atoms. The van der Waals surface area contributed by atoms with Crippen LogP contribution in [-0.2, 0) is 0 Å². The molecule has 2 heteroatoms. The average Bonchev–Trinajstić information content (AvgIpc) is 3.04. The SMILES string of the molecule is c1ccc2[nH]c(-c3cccc4occc34)cc2c1. The van der Waals surface area contributed by atoms with E-state index in [1.807, 2.05) is 24.3 Å². The topological polar surface area (TPSA) is 28.9 Å². The Morgan fingerprint density at radius 3 is 2.78 bits per heavy atom. The third-order valence-corrected chi connectivity index (χ3v) is 3.32. The van der Waals surface area contributed by atoms with Gasteiger partial charge in [0.05, 0.1) is 6.26 Å². The Hall–Kier alpha value is -2.48. The van der Waals surface area contributed by atoms with Gasteiger partial charge >= 0.3 is 0 Å². The first-order valence-electron chi connectivity index (χ1n) is 5.96. The second-order valence-electron chi connectivity index (χ2n) is 4.41. The molecule has 4 aromatic rings. The quantitative estimate of drug-likeness (QED) is 0.512. The van der Waals surface area contributed by atoms with Crippen LogP contribution in [0.2, 0.25) is 0 Å². The maximum atomic E-state index is 5.44. The van der Waals surface area contributed by atoms with E-state index in [-0.39, 0.29) is 0 Å². The van der Waals surface area contributed by atoms with Gasteiger partial charge in [-0.25, -0.2) is 0 Å². The Morgan fingerprint density at radius 1 is 0.889 bits per heavy atom. The molecule has 2 aromatic heterocycles. The first-order valence-corrected chi connectivity index (χ1v) is 5.96. The van der Waals surface area contributed by atoms with Gasteiger partial charge in [0.25, 0.3) is 0 Å². The lowest BCUT2D eigenvalue weighted by atomic mass is 10.1. The minimum absolute atomic E-state index is 0.922. The summed E-state index contributed by atoms with van der Waals surface area (Å²) >= 11 is 0. The Labute approximate surface area is 104 Å². The average molecular weight is 233 g/mol. The van der Waals surface area contributed by atoms with Crippen molar-refractivity contribution in [1.29, 1.82) is 0 Å². The second-order valence-corrected chi connectivity index (χ2v) is 4.41. The fourth-order valence-corrected chi connectivity index (χ4v) is 2.45. The largest absolute Gasteiger partial charge is 0.464 e. The molecule has 0 bridgehead atoms. The van der Waals surface area contributed by atoms with Crippen molar-refractivity contribution in [1.82, 2.24) is 4.98 Å². The van der Waals surface area contributed by atoms with Crippen molar-refractivity contribution in [2.75, 3.05) is 0 Å². The molecule has 1 N–H and O–H groups in total. The normalized spacial score (nSPS) is 11.3. The number of aromatic nitrogens is 1. The van der Waals surface area contributed by atoms with Gasteiger partial charge < -0.3 is 9.40 Å². The van der Waals surface area contributed by atoms with E-state index in [1.54, 1.807) is 6.26 Å². The van der Waals surface area contributed by atoms with Crippen LogP contribution in [0.3, 0.4) is 0 Å². The van der Waals surface area contributed by atoms with E-state index >= 15 is 0 Å². The fraction of sp³-hybridized carbons (Fsp3) is 0. The van der Waals surface area contributed by atoms with E-state index in [1.165, 1.54) is 10.9 Å². The molecule has 0 amide bonds. The van der Waals surface area contributed by atoms with Crippen molar-refractivity contribution in [2.45, 2.75) is 0 Å². The highest BCUT2D eigenvalue weighted by molar-refractivity contribution is 5.96. The molecule has 2 aromatic carbocycles. The van der Waals surface area contributed by atoms with E-state index in [4.69, 9.17) is 4.42 Å². The molecule has 0 radical (unpaired) electrons. The summed E-state index contributed by atoms with van der Waals surface area (Å²) in [6.07, 6.45) is 1.73. The van der Waals surface area contributed by atoms with Crippen LogP contribution in [0.25, 0.3) is 33.1 Å². The van der Waals surface area contributed by atoms with Crippen molar-refractivity contribution in [2.24, 2.45) is 0 Å². The van der Waals surface area contributed by atoms with Gasteiger partial charge in [-0.2, -0.15) is 0 Å². The minimum Gasteiger partial charge on any atom is -0.464 e. The van der Waals surface area contributed by atoms with E-state index in [9.17, 15) is 0 Å². The Balaban J connectivity index is 2.04. The smallest absolute Gasteiger partial charge is 0.134 e. The highest BCUT2D eigenvalue weighted by Gasteiger charge is 2.07. The summed E-state index contributed by atoms with van der Waals surface area (Å²) in [6, 6.07) is 18.6. The number of aromatic amines is 1. The lowest BCUT2D eigenvalue weighted by Crippen LogP contribution is -1.77. The maximum absolute atomic E-state index is 5.44. The van der Waals surface area contributed by atoms with Crippen LogP contribution in [0.1, 0.15) is 0 Å². The second kappa shape index (κ2) is 3.50. The number of benzene rings is 2. The lowest BCUT2D eigenvalue weighted by Gasteiger charge is -1.99. The minimum atomic E-state index is 0.922. The van der Waals surface area contributed by atoms with E-state index in [0.717, 1.165) is 22.2 Å². The Bertz CT molecular complexity index is 805. The van der Waals surface area contributed by atoms with Gasteiger partial charge in [-0.3, -0.25) is 0 Å². The highest BCUT2D eigenvalue weighted by atomic mass is 16.3. The number of hydrogen-bond acceptors (Lipinski definition) is 1. The molecule has 4 rings (SSSR count). The van der Waals surface area contributed by atoms with E-state index in [2.05, 4.69) is 35.3 Å². The fourth-order valence-electron chi connectivity index (χ4n) is 2.45. The molecule has 2 heterocycles. The molecular formula is C16H11NO. The van der Waals surface area contributed by atoms with Crippen LogP contribution in [0, 0.1) is 0 Å². The van der Waals surface area contributed by atoms with Gasteiger partial charge in [-0.05, 0) is 24.3 Å². The third kappa shape index (κ3) is 1.29. The van der Waals surface area contributed by atoms with Gasteiger partial charge in [-0.1, -0.05) is 30.3 Å². The number of nitrogens with one attached hydrogen (secondary N) is 1. The zero-order valence-corrected chi connectivity index (χ0v) is 9.68. The number of para-hydroxylation sites is 1. The van der Waals surface area contributed by atoms with Crippen molar-refractivity contribution in [3.05, 3.63) is 60.9 Å². The molecule has 86 valence electrons. The molecule has 0 aliphatic heterocycles. The zero-order chi connectivity index (χ0) is 11.9. The predicted molar refractivity (Wildman–Crippen MR) is 73.5 cm³/mol. The number of hydrogen-bond donors (Lipinski definition) is 1. The molecule has 0 saturated carbocycles. The lowest BCUT2D eigenvalue weighted by molar-refractivity contribution is 0.616. The number of H-pyrrole nitrogens is 1. The van der Waals surface area contributed by atoms with Crippen LogP contribution in [0.15, 0.2) is 65.3 Å². The molecule has 0 unspecified atom stereocenters. The monoisotopic (exact) mass is 233 g/mol. The molecule has 0 atom stereocenters. The van der Waals surface area contributed by atoms with Crippen molar-refractivity contribution in [3.63, 3.8) is 0 Å². The van der Waals surface area contributed by atoms with Gasteiger partial charge in [0.1, 0.15) is 5.58 Å². The predicted octanol–water partition coefficient (Wildman–Crippen LogP) is 4.58. The third-order valence-electron chi connectivity index (χ3n) is 3.32. The molecule has 18 heavy (non-hydrogen) atoms. The summed E-state index contributed by atoms with van der Waals surface area (Å²) in [7, 11) is 0. The van der Waals surface area contributed by atoms with Gasteiger partial charge in [-0.15, -0.1) is 0 Å². The summed E-state index contributed by atoms with van der Waals surface area (Å²) in [4.78, 5) is 3.45. The maximum Gasteiger partial charge on any atom is 0.134 e. The van der Waals surface area contributed by atoms with Gasteiger partial charge in [0.15, 0.2) is 0 Å². The van der Waals surface area contributed by atoms with Crippen LogP contribution in [-0.4, -0.2) is 4.98 Å². The standard InChI is InChI=1S/C16H11NO/c1-2-6-14-11(4-1)10-15(17-14)12-5-3-7-16-13(12)8-9-18-16/h1-10,17H. The Morgan fingerprint density at radius 2 is 1.83 bits per heavy atom. The van der Waals surface area contributed by atoms with Gasteiger partial charge in [0, 0.05) is 27.5 Å². The first kappa shape index (κ1) is 9.54. The molecule has 0 saturated heterocycles. The van der Waals surface area contributed by atoms with Gasteiger partial charge in [0.2, 0.25) is 0 Å². The highest BCUT2D eigenvalue weighted by Crippen LogP contribution is 2.30. The van der Waals surface area contributed by atoms with Crippen molar-refractivity contribution in [3.8, 4) is 11.3 Å². The van der Waals surface area contributed by atoms with E-state index in [0.29, 0.717) is 0 Å². The summed E-state index contributed by atoms with van der Waals surface area (Å²) in [6.45, 7) is 0. The summed E-state index contributed by atoms with van der Waals surface area (Å²) < 4.78 is 5.44. The van der Waals surface area contributed by atoms with Crippen LogP contribution in [0.4, 0.5) is 0 Å². The van der Waals surface area contributed by atoms with Crippen LogP contribution >= 0.6 is 0 Å². The number of fused-ring (bicyclic) bond motifs is 2. The zero-order valence-electron chi connectivity index (χ0n) is 9.68.